The van der Waals surface area contributed by atoms with Crippen molar-refractivity contribution in [3.63, 3.8) is 0 Å². The third-order valence-electron chi connectivity index (χ3n) is 4.85. The van der Waals surface area contributed by atoms with E-state index >= 15 is 0 Å². The molecule has 0 radical (unpaired) electrons. The summed E-state index contributed by atoms with van der Waals surface area (Å²) in [5.74, 6) is -1.01. The van der Waals surface area contributed by atoms with Gasteiger partial charge in [0.05, 0.1) is 10.6 Å². The molecule has 10 nitrogen and oxygen atoms in total. The fourth-order valence-corrected chi connectivity index (χ4v) is 4.19. The first kappa shape index (κ1) is 25.4. The number of para-hydroxylation sites is 2. The van der Waals surface area contributed by atoms with Crippen LogP contribution in [0.3, 0.4) is 0 Å². The first-order valence-corrected chi connectivity index (χ1v) is 11.9. The van der Waals surface area contributed by atoms with E-state index in [0.29, 0.717) is 5.69 Å². The van der Waals surface area contributed by atoms with Gasteiger partial charge in [-0.3, -0.25) is 24.4 Å². The Bertz CT molecular complexity index is 1380. The number of rotatable bonds is 7. The molecule has 182 valence electrons. The smallest absolute Gasteiger partial charge is 0.282 e. The van der Waals surface area contributed by atoms with Gasteiger partial charge in [-0.2, -0.15) is 0 Å². The number of anilines is 3. The van der Waals surface area contributed by atoms with E-state index in [1.807, 2.05) is 0 Å². The molecule has 3 rings (SSSR count). The summed E-state index contributed by atoms with van der Waals surface area (Å²) >= 11 is 0. The lowest BCUT2D eigenvalue weighted by molar-refractivity contribution is -0.385. The van der Waals surface area contributed by atoms with Crippen LogP contribution in [0.1, 0.15) is 31.1 Å². The first-order valence-electron chi connectivity index (χ1n) is 10.5. The minimum atomic E-state index is -4.14. The molecule has 3 aromatic rings. The topological polar surface area (TPSA) is 148 Å². The predicted octanol–water partition coefficient (Wildman–Crippen LogP) is 4.63. The van der Waals surface area contributed by atoms with Gasteiger partial charge < -0.3 is 10.6 Å². The fourth-order valence-electron chi connectivity index (χ4n) is 2.97. The molecule has 35 heavy (non-hydrogen) atoms. The zero-order valence-corrected chi connectivity index (χ0v) is 20.0. The molecule has 0 aromatic heterocycles. The van der Waals surface area contributed by atoms with Gasteiger partial charge in [0.2, 0.25) is 5.91 Å². The maximum Gasteiger partial charge on any atom is 0.282 e. The Morgan fingerprint density at radius 2 is 1.40 bits per heavy atom. The number of hydrogen-bond acceptors (Lipinski definition) is 6. The summed E-state index contributed by atoms with van der Waals surface area (Å²) in [5.41, 5.74) is -0.498. The molecule has 2 amide bonds. The number of nitro benzene ring substituents is 1. The van der Waals surface area contributed by atoms with Crippen molar-refractivity contribution in [3.8, 4) is 0 Å². The number of amides is 2. The number of nitro groups is 1. The van der Waals surface area contributed by atoms with Crippen LogP contribution >= 0.6 is 0 Å². The zero-order valence-electron chi connectivity index (χ0n) is 19.2. The molecule has 0 bridgehead atoms. The Morgan fingerprint density at radius 1 is 0.829 bits per heavy atom. The summed E-state index contributed by atoms with van der Waals surface area (Å²) < 4.78 is 28.6. The van der Waals surface area contributed by atoms with Crippen LogP contribution in [0.4, 0.5) is 22.7 Å². The zero-order chi connectivity index (χ0) is 25.8. The van der Waals surface area contributed by atoms with Crippen molar-refractivity contribution in [2.75, 3.05) is 15.4 Å². The molecule has 11 heteroatoms. The van der Waals surface area contributed by atoms with Gasteiger partial charge in [-0.25, -0.2) is 8.42 Å². The number of benzene rings is 3. The van der Waals surface area contributed by atoms with Gasteiger partial charge in [-0.05, 0) is 42.5 Å². The van der Waals surface area contributed by atoms with E-state index in [1.165, 1.54) is 60.7 Å². The summed E-state index contributed by atoms with van der Waals surface area (Å²) in [4.78, 5) is 35.2. The summed E-state index contributed by atoms with van der Waals surface area (Å²) in [6.07, 6.45) is 0. The van der Waals surface area contributed by atoms with E-state index in [-0.39, 0.29) is 27.7 Å². The Labute approximate surface area is 202 Å². The lowest BCUT2D eigenvalue weighted by Crippen LogP contribution is -2.27. The van der Waals surface area contributed by atoms with E-state index in [2.05, 4.69) is 15.4 Å². The van der Waals surface area contributed by atoms with Crippen molar-refractivity contribution < 1.29 is 22.9 Å². The monoisotopic (exact) mass is 496 g/mol. The molecular weight excluding hydrogens is 472 g/mol. The average Bonchev–Trinajstić information content (AvgIpc) is 2.79. The summed E-state index contributed by atoms with van der Waals surface area (Å²) in [5, 5.41) is 16.4. The van der Waals surface area contributed by atoms with E-state index in [1.54, 1.807) is 32.9 Å². The number of nitrogens with zero attached hydrogens (tertiary/aromatic N) is 1. The van der Waals surface area contributed by atoms with Crippen molar-refractivity contribution in [1.82, 2.24) is 0 Å². The molecule has 0 atom stereocenters. The Kier molecular flexibility index (Phi) is 7.20. The van der Waals surface area contributed by atoms with E-state index in [9.17, 15) is 28.1 Å². The van der Waals surface area contributed by atoms with Crippen LogP contribution in [0.15, 0.2) is 77.7 Å². The van der Waals surface area contributed by atoms with Crippen molar-refractivity contribution in [2.24, 2.45) is 5.41 Å². The van der Waals surface area contributed by atoms with Crippen LogP contribution in [0, 0.1) is 15.5 Å². The van der Waals surface area contributed by atoms with Crippen LogP contribution < -0.4 is 15.4 Å². The molecule has 3 aromatic carbocycles. The molecule has 0 fully saturated rings. The number of hydrogen-bond donors (Lipinski definition) is 3. The SMILES string of the molecule is CC(C)(C)C(=O)Nc1ccc(NS(=O)(=O)c2ccccc2NC(=O)c2ccccc2[N+](=O)[O-])cc1. The number of carbonyl (C=O) groups excluding carboxylic acids is 2. The van der Waals surface area contributed by atoms with Crippen molar-refractivity contribution in [2.45, 2.75) is 25.7 Å². The van der Waals surface area contributed by atoms with Crippen LogP contribution in [-0.2, 0) is 14.8 Å². The van der Waals surface area contributed by atoms with Crippen molar-refractivity contribution >= 4 is 44.6 Å². The van der Waals surface area contributed by atoms with Gasteiger partial charge in [0.25, 0.3) is 21.6 Å². The third kappa shape index (κ3) is 6.21. The molecule has 0 aliphatic carbocycles. The van der Waals surface area contributed by atoms with E-state index in [4.69, 9.17) is 0 Å². The lowest BCUT2D eigenvalue weighted by atomic mass is 9.95. The lowest BCUT2D eigenvalue weighted by Gasteiger charge is -2.18. The summed E-state index contributed by atoms with van der Waals surface area (Å²) in [6, 6.07) is 17.2. The standard InChI is InChI=1S/C24H24N4O6S/c1-24(2,3)23(30)25-16-12-14-17(15-13-16)27-35(33,34)21-11-7-5-9-19(21)26-22(29)18-8-4-6-10-20(18)28(31)32/h4-15,27H,1-3H3,(H,25,30)(H,26,29). The van der Waals surface area contributed by atoms with Crippen molar-refractivity contribution in [1.29, 1.82) is 0 Å². The Morgan fingerprint density at radius 3 is 2.03 bits per heavy atom. The molecule has 0 aliphatic heterocycles. The third-order valence-corrected chi connectivity index (χ3v) is 6.29. The largest absolute Gasteiger partial charge is 0.326 e. The minimum Gasteiger partial charge on any atom is -0.326 e. The molecule has 3 N–H and O–H groups in total. The first-order chi connectivity index (χ1) is 16.4. The molecule has 0 saturated heterocycles. The van der Waals surface area contributed by atoms with Crippen molar-refractivity contribution in [3.05, 3.63) is 88.5 Å². The van der Waals surface area contributed by atoms with Gasteiger partial charge >= 0.3 is 0 Å². The summed E-state index contributed by atoms with van der Waals surface area (Å²) in [6.45, 7) is 5.32. The van der Waals surface area contributed by atoms with Gasteiger partial charge in [0.15, 0.2) is 0 Å². The molecule has 0 unspecified atom stereocenters. The minimum absolute atomic E-state index is 0.0442. The fraction of sp³-hybridized carbons (Fsp3) is 0.167. The average molecular weight is 497 g/mol. The molecular formula is C24H24N4O6S. The molecule has 0 heterocycles. The highest BCUT2D eigenvalue weighted by Crippen LogP contribution is 2.27. The molecule has 0 saturated carbocycles. The maximum atomic E-state index is 13.1. The highest BCUT2D eigenvalue weighted by molar-refractivity contribution is 7.92. The molecule has 0 spiro atoms. The Hall–Kier alpha value is -4.25. The van der Waals surface area contributed by atoms with Crippen LogP contribution in [-0.4, -0.2) is 25.2 Å². The highest BCUT2D eigenvalue weighted by atomic mass is 32.2. The maximum absolute atomic E-state index is 13.1. The number of nitrogens with one attached hydrogen (secondary N) is 3. The van der Waals surface area contributed by atoms with Crippen LogP contribution in [0.25, 0.3) is 0 Å². The second-order valence-corrected chi connectivity index (χ2v) is 10.3. The highest BCUT2D eigenvalue weighted by Gasteiger charge is 2.24. The van der Waals surface area contributed by atoms with Gasteiger partial charge in [0, 0.05) is 22.9 Å². The van der Waals surface area contributed by atoms with Gasteiger partial charge in [-0.15, -0.1) is 0 Å². The number of sulfonamides is 1. The van der Waals surface area contributed by atoms with E-state index in [0.717, 1.165) is 0 Å². The van der Waals surface area contributed by atoms with Gasteiger partial charge in [-0.1, -0.05) is 45.0 Å². The predicted molar refractivity (Wildman–Crippen MR) is 133 cm³/mol. The van der Waals surface area contributed by atoms with E-state index < -0.39 is 32.0 Å². The van der Waals surface area contributed by atoms with Crippen LogP contribution in [0.2, 0.25) is 0 Å². The summed E-state index contributed by atoms with van der Waals surface area (Å²) in [7, 11) is -4.14. The second kappa shape index (κ2) is 9.94. The van der Waals surface area contributed by atoms with Crippen LogP contribution in [0.5, 0.6) is 0 Å². The quantitative estimate of drug-likeness (QED) is 0.321. The Balaban J connectivity index is 1.82. The van der Waals surface area contributed by atoms with Gasteiger partial charge in [0.1, 0.15) is 10.5 Å². The molecule has 0 aliphatic rings. The number of carbonyl (C=O) groups is 2. The normalized spacial score (nSPS) is 11.4. The second-order valence-electron chi connectivity index (χ2n) is 8.61.